The van der Waals surface area contributed by atoms with Crippen molar-refractivity contribution in [3.05, 3.63) is 28.5 Å². The smallest absolute Gasteiger partial charge is 0.243 e. The van der Waals surface area contributed by atoms with Gasteiger partial charge in [0.2, 0.25) is 10.0 Å². The third-order valence-corrected chi connectivity index (χ3v) is 5.46. The van der Waals surface area contributed by atoms with E-state index in [1.807, 2.05) is 0 Å². The van der Waals surface area contributed by atoms with Crippen LogP contribution in [0.5, 0.6) is 0 Å². The Balaban J connectivity index is 2.39. The quantitative estimate of drug-likeness (QED) is 0.841. The summed E-state index contributed by atoms with van der Waals surface area (Å²) in [6.07, 6.45) is 3.57. The molecule has 0 heterocycles. The summed E-state index contributed by atoms with van der Waals surface area (Å²) < 4.78 is 41.0. The Morgan fingerprint density at radius 1 is 1.38 bits per heavy atom. The fourth-order valence-electron chi connectivity index (χ4n) is 2.47. The third-order valence-electron chi connectivity index (χ3n) is 3.61. The molecule has 116 valence electrons. The number of sulfonamides is 1. The van der Waals surface area contributed by atoms with E-state index >= 15 is 0 Å². The first-order valence-electron chi connectivity index (χ1n) is 6.89. The van der Waals surface area contributed by atoms with E-state index < -0.39 is 20.7 Å². The number of carbonyl (C=O) groups excluding carboxylic acids is 1. The van der Waals surface area contributed by atoms with Crippen molar-refractivity contribution in [3.8, 4) is 0 Å². The van der Waals surface area contributed by atoms with Gasteiger partial charge in [-0.2, -0.15) is 0 Å². The first kappa shape index (κ1) is 16.4. The van der Waals surface area contributed by atoms with E-state index in [1.54, 1.807) is 6.92 Å². The zero-order chi connectivity index (χ0) is 15.6. The molecule has 0 aliphatic heterocycles. The zero-order valence-corrected chi connectivity index (χ0v) is 13.2. The lowest BCUT2D eigenvalue weighted by Crippen LogP contribution is -2.33. The summed E-state index contributed by atoms with van der Waals surface area (Å²) >= 11 is 5.82. The Labute approximate surface area is 128 Å². The average Bonchev–Trinajstić information content (AvgIpc) is 2.89. The highest BCUT2D eigenvalue weighted by molar-refractivity contribution is 7.89. The number of Topliss-reactive ketones (excluding diaryl/α,β-unsaturated/α-hetero) is 1. The Morgan fingerprint density at radius 3 is 2.57 bits per heavy atom. The molecule has 2 rings (SSSR count). The second kappa shape index (κ2) is 6.42. The molecule has 21 heavy (non-hydrogen) atoms. The molecule has 1 aliphatic carbocycles. The number of halogens is 2. The zero-order valence-electron chi connectivity index (χ0n) is 11.7. The van der Waals surface area contributed by atoms with Gasteiger partial charge in [0.05, 0.1) is 5.02 Å². The van der Waals surface area contributed by atoms with E-state index in [4.69, 9.17) is 11.6 Å². The van der Waals surface area contributed by atoms with Crippen molar-refractivity contribution < 1.29 is 17.6 Å². The van der Waals surface area contributed by atoms with Crippen LogP contribution in [0.25, 0.3) is 0 Å². The topological polar surface area (TPSA) is 63.2 Å². The van der Waals surface area contributed by atoms with Gasteiger partial charge in [-0.3, -0.25) is 4.79 Å². The monoisotopic (exact) mass is 333 g/mol. The molecule has 7 heteroatoms. The fraction of sp³-hybridized carbons (Fsp3) is 0.500. The molecule has 0 saturated heterocycles. The molecule has 4 nitrogen and oxygen atoms in total. The van der Waals surface area contributed by atoms with Crippen LogP contribution in [0, 0.1) is 5.82 Å². The SMILES string of the molecule is CCC(=O)c1cc(S(=O)(=O)NC2CCCC2)c(F)cc1Cl. The van der Waals surface area contributed by atoms with Crippen molar-refractivity contribution in [2.45, 2.75) is 50.0 Å². The van der Waals surface area contributed by atoms with Crippen LogP contribution in [-0.4, -0.2) is 20.2 Å². The molecule has 0 unspecified atom stereocenters. The predicted molar refractivity (Wildman–Crippen MR) is 78.6 cm³/mol. The maximum absolute atomic E-state index is 14.0. The van der Waals surface area contributed by atoms with Crippen molar-refractivity contribution in [2.75, 3.05) is 0 Å². The predicted octanol–water partition coefficient (Wildman–Crippen LogP) is 3.29. The van der Waals surface area contributed by atoms with E-state index in [1.165, 1.54) is 0 Å². The van der Waals surface area contributed by atoms with Crippen LogP contribution in [0.4, 0.5) is 4.39 Å². The highest BCUT2D eigenvalue weighted by Crippen LogP contribution is 2.26. The summed E-state index contributed by atoms with van der Waals surface area (Å²) in [4.78, 5) is 11.2. The molecule has 0 amide bonds. The van der Waals surface area contributed by atoms with Crippen LogP contribution >= 0.6 is 11.6 Å². The molecule has 0 bridgehead atoms. The van der Waals surface area contributed by atoms with Crippen LogP contribution in [-0.2, 0) is 10.0 Å². The Morgan fingerprint density at radius 2 is 2.00 bits per heavy atom. The molecule has 0 spiro atoms. The summed E-state index contributed by atoms with van der Waals surface area (Å²) in [5.74, 6) is -1.27. The van der Waals surface area contributed by atoms with Crippen LogP contribution in [0.15, 0.2) is 17.0 Å². The standard InChI is InChI=1S/C14H17ClFNO3S/c1-2-13(18)10-7-14(12(16)8-11(10)15)21(19,20)17-9-5-3-4-6-9/h7-9,17H,2-6H2,1H3. The third kappa shape index (κ3) is 3.62. The molecule has 0 atom stereocenters. The maximum atomic E-state index is 14.0. The van der Waals surface area contributed by atoms with Crippen molar-refractivity contribution in [2.24, 2.45) is 0 Å². The average molecular weight is 334 g/mol. The minimum absolute atomic E-state index is 0.0346. The number of nitrogens with one attached hydrogen (secondary N) is 1. The normalized spacial score (nSPS) is 16.3. The van der Waals surface area contributed by atoms with Gasteiger partial charge in [-0.15, -0.1) is 0 Å². The number of hydrogen-bond acceptors (Lipinski definition) is 3. The fourth-order valence-corrected chi connectivity index (χ4v) is 4.11. The van der Waals surface area contributed by atoms with Gasteiger partial charge in [-0.25, -0.2) is 17.5 Å². The maximum Gasteiger partial charge on any atom is 0.243 e. The molecule has 1 fully saturated rings. The Bertz CT molecular complexity index is 654. The van der Waals surface area contributed by atoms with Crippen LogP contribution in [0.2, 0.25) is 5.02 Å². The van der Waals surface area contributed by atoms with E-state index in [-0.39, 0.29) is 28.8 Å². The number of ketones is 1. The summed E-state index contributed by atoms with van der Waals surface area (Å²) in [5, 5.41) is -0.0702. The van der Waals surface area contributed by atoms with E-state index in [0.29, 0.717) is 0 Å². The molecule has 1 aliphatic rings. The van der Waals surface area contributed by atoms with Crippen LogP contribution < -0.4 is 4.72 Å². The minimum Gasteiger partial charge on any atom is -0.294 e. The van der Waals surface area contributed by atoms with Gasteiger partial charge in [-0.1, -0.05) is 31.4 Å². The first-order chi connectivity index (χ1) is 9.85. The van der Waals surface area contributed by atoms with Gasteiger partial charge >= 0.3 is 0 Å². The van der Waals surface area contributed by atoms with Gasteiger partial charge in [0.15, 0.2) is 5.78 Å². The van der Waals surface area contributed by atoms with Gasteiger partial charge in [-0.05, 0) is 25.0 Å². The largest absolute Gasteiger partial charge is 0.294 e. The van der Waals surface area contributed by atoms with Crippen LogP contribution in [0.3, 0.4) is 0 Å². The summed E-state index contributed by atoms with van der Waals surface area (Å²) in [5.41, 5.74) is 0.0346. The lowest BCUT2D eigenvalue weighted by Gasteiger charge is -2.14. The molecule has 1 aromatic carbocycles. The van der Waals surface area contributed by atoms with Crippen molar-refractivity contribution in [1.29, 1.82) is 0 Å². The van der Waals surface area contributed by atoms with E-state index in [2.05, 4.69) is 4.72 Å². The highest BCUT2D eigenvalue weighted by Gasteiger charge is 2.27. The second-order valence-electron chi connectivity index (χ2n) is 5.14. The lowest BCUT2D eigenvalue weighted by atomic mass is 10.1. The first-order valence-corrected chi connectivity index (χ1v) is 8.76. The van der Waals surface area contributed by atoms with Gasteiger partial charge < -0.3 is 0 Å². The van der Waals surface area contributed by atoms with Gasteiger partial charge in [0.25, 0.3) is 0 Å². The molecule has 1 N–H and O–H groups in total. The molecular weight excluding hydrogens is 317 g/mol. The molecular formula is C14H17ClFNO3S. The van der Waals surface area contributed by atoms with Crippen molar-refractivity contribution in [3.63, 3.8) is 0 Å². The summed E-state index contributed by atoms with van der Waals surface area (Å²) in [6.45, 7) is 1.63. The van der Waals surface area contributed by atoms with E-state index in [9.17, 15) is 17.6 Å². The number of rotatable bonds is 5. The number of benzene rings is 1. The summed E-state index contributed by atoms with van der Waals surface area (Å²) in [7, 11) is -3.99. The van der Waals surface area contributed by atoms with E-state index in [0.717, 1.165) is 37.8 Å². The Hall–Kier alpha value is -0.980. The van der Waals surface area contributed by atoms with Gasteiger partial charge in [0.1, 0.15) is 10.7 Å². The molecule has 1 saturated carbocycles. The number of carbonyl (C=O) groups is 1. The second-order valence-corrected chi connectivity index (χ2v) is 7.23. The van der Waals surface area contributed by atoms with Crippen molar-refractivity contribution in [1.82, 2.24) is 4.72 Å². The number of hydrogen-bond donors (Lipinski definition) is 1. The van der Waals surface area contributed by atoms with Gasteiger partial charge in [0, 0.05) is 18.0 Å². The highest BCUT2D eigenvalue weighted by atomic mass is 35.5. The lowest BCUT2D eigenvalue weighted by molar-refractivity contribution is 0.0988. The minimum atomic E-state index is -3.99. The van der Waals surface area contributed by atoms with Crippen LogP contribution in [0.1, 0.15) is 49.4 Å². The molecule has 0 radical (unpaired) electrons. The molecule has 0 aromatic heterocycles. The molecule has 1 aromatic rings. The Kier molecular flexibility index (Phi) is 5.01. The van der Waals surface area contributed by atoms with Crippen molar-refractivity contribution >= 4 is 27.4 Å². The summed E-state index contributed by atoms with van der Waals surface area (Å²) in [6, 6.07) is 1.74.